The number of pyridine rings is 2. The van der Waals surface area contributed by atoms with Crippen molar-refractivity contribution in [2.75, 3.05) is 0 Å². The molecule has 1 atom stereocenters. The molecule has 2 aliphatic carbocycles. The van der Waals surface area contributed by atoms with Gasteiger partial charge in [-0.1, -0.05) is 85.8 Å². The first-order valence-corrected chi connectivity index (χ1v) is 17.1. The van der Waals surface area contributed by atoms with Gasteiger partial charge in [0.1, 0.15) is 17.7 Å². The summed E-state index contributed by atoms with van der Waals surface area (Å²) in [6.07, 6.45) is 5.48. The monoisotopic (exact) mass is 761 g/mol. The van der Waals surface area contributed by atoms with E-state index in [0.29, 0.717) is 23.4 Å². The molecular weight excluding hydrogens is 728 g/mol. The molecule has 48 heavy (non-hydrogen) atoms. The fourth-order valence-corrected chi connectivity index (χ4v) is 6.57. The van der Waals surface area contributed by atoms with Gasteiger partial charge in [0.2, 0.25) is 0 Å². The van der Waals surface area contributed by atoms with Gasteiger partial charge in [-0.2, -0.15) is 0 Å². The van der Waals surface area contributed by atoms with Crippen molar-refractivity contribution in [3.63, 3.8) is 0 Å². The Kier molecular flexibility index (Phi) is 11.6. The number of aldehydes is 1. The van der Waals surface area contributed by atoms with E-state index in [2.05, 4.69) is 28.1 Å². The van der Waals surface area contributed by atoms with E-state index in [1.807, 2.05) is 48.5 Å². The topological polar surface area (TPSA) is 59.9 Å². The molecule has 4 aromatic carbocycles. The molecule has 0 N–H and O–H groups in total. The van der Waals surface area contributed by atoms with Crippen molar-refractivity contribution in [3.05, 3.63) is 131 Å². The Bertz CT molecular complexity index is 2090. The Morgan fingerprint density at radius 2 is 1.15 bits per heavy atom. The van der Waals surface area contributed by atoms with Gasteiger partial charge in [-0.3, -0.25) is 19.6 Å². The second-order valence-corrected chi connectivity index (χ2v) is 12.4. The molecule has 2 fully saturated rings. The van der Waals surface area contributed by atoms with Gasteiger partial charge in [-0.05, 0) is 84.3 Å². The van der Waals surface area contributed by atoms with E-state index in [1.54, 1.807) is 12.1 Å². The summed E-state index contributed by atoms with van der Waals surface area (Å²) in [6, 6.07) is 29.7. The Labute approximate surface area is 302 Å². The first-order chi connectivity index (χ1) is 23.5. The van der Waals surface area contributed by atoms with E-state index < -0.39 is 0 Å². The van der Waals surface area contributed by atoms with Crippen LogP contribution in [0.2, 0.25) is 0 Å². The summed E-state index contributed by atoms with van der Waals surface area (Å²) < 4.78 is 32.6. The molecule has 2 aliphatic rings. The maximum atomic E-state index is 13.3. The summed E-state index contributed by atoms with van der Waals surface area (Å²) in [5.41, 5.74) is 9.83. The molecule has 1 radical (unpaired) electrons. The molecule has 9 heteroatoms. The fourth-order valence-electron chi connectivity index (χ4n) is 6.01. The van der Waals surface area contributed by atoms with Gasteiger partial charge in [0.05, 0.1) is 18.0 Å². The van der Waals surface area contributed by atoms with Gasteiger partial charge < -0.3 is 0 Å². The Hall–Kier alpha value is -3.61. The van der Waals surface area contributed by atoms with Gasteiger partial charge >= 0.3 is 0 Å². The molecule has 2 saturated carbocycles. The molecule has 4 nitrogen and oxygen atoms in total. The maximum Gasteiger partial charge on any atom is 0.152 e. The van der Waals surface area contributed by atoms with Crippen molar-refractivity contribution >= 4 is 59.2 Å². The van der Waals surface area contributed by atoms with Crippen molar-refractivity contribution in [2.24, 2.45) is 0 Å². The van der Waals surface area contributed by atoms with Crippen LogP contribution in [-0.4, -0.2) is 23.6 Å². The molecule has 241 valence electrons. The molecule has 2 heterocycles. The van der Waals surface area contributed by atoms with Crippen molar-refractivity contribution in [2.45, 2.75) is 42.8 Å². The van der Waals surface area contributed by atoms with Crippen molar-refractivity contribution in [1.29, 1.82) is 1.28 Å². The van der Waals surface area contributed by atoms with E-state index >= 15 is 0 Å². The van der Waals surface area contributed by atoms with E-state index in [4.69, 9.17) is 16.0 Å². The van der Waals surface area contributed by atoms with Crippen LogP contribution in [0.4, 0.5) is 8.78 Å². The smallest absolute Gasteiger partial charge is 0.152 e. The summed E-state index contributed by atoms with van der Waals surface area (Å²) in [5.74, 6) is 0.475. The van der Waals surface area contributed by atoms with Crippen LogP contribution in [0.1, 0.15) is 64.8 Å². The number of hydrogen-bond donors (Lipinski definition) is 0. The summed E-state index contributed by atoms with van der Waals surface area (Å²) >= 11 is 3.64. The number of hydrogen-bond acceptors (Lipinski definition) is 4. The molecule has 0 spiro atoms. The third-order valence-corrected chi connectivity index (χ3v) is 8.99. The van der Waals surface area contributed by atoms with E-state index in [9.17, 15) is 13.6 Å². The predicted octanol–water partition coefficient (Wildman–Crippen LogP) is 10.6. The first kappa shape index (κ1) is 34.3. The number of benzene rings is 4. The van der Waals surface area contributed by atoms with Crippen LogP contribution in [-0.2, 0) is 28.7 Å². The second-order valence-electron chi connectivity index (χ2n) is 11.6. The van der Waals surface area contributed by atoms with E-state index in [1.165, 1.54) is 53.9 Å². The number of aromatic nitrogens is 2. The van der Waals surface area contributed by atoms with Gasteiger partial charge in [0, 0.05) is 63.3 Å². The number of rotatable bonds is 7. The number of carbonyl (C=O) groups is 2. The minimum absolute atomic E-state index is 0. The largest absolute Gasteiger partial charge is 0.299 e. The van der Waals surface area contributed by atoms with Crippen LogP contribution in [0.25, 0.3) is 44.1 Å². The molecular formula is C39H32BrF2N2O2PV. The van der Waals surface area contributed by atoms with Crippen LogP contribution in [0.15, 0.2) is 97.1 Å². The quantitative estimate of drug-likeness (QED) is 0.0923. The number of alkyl halides is 1. The zero-order valence-electron chi connectivity index (χ0n) is 26.9. The fraction of sp³-hybridized carbons (Fsp3) is 0.179. The maximum absolute atomic E-state index is 13.3. The number of carbonyl (C=O) groups excluding carboxylic acids is 2. The normalized spacial score (nSPS) is 13.9. The zero-order chi connectivity index (χ0) is 33.6. The van der Waals surface area contributed by atoms with Crippen LogP contribution in [0.3, 0.4) is 0 Å². The average molecular weight is 763 g/mol. The van der Waals surface area contributed by atoms with Gasteiger partial charge in [-0.15, -0.1) is 0 Å². The minimum Gasteiger partial charge on any atom is -0.299 e. The average Bonchev–Trinajstić information content (AvgIpc) is 4.06. The van der Waals surface area contributed by atoms with Crippen molar-refractivity contribution < 1.29 is 36.9 Å². The van der Waals surface area contributed by atoms with Gasteiger partial charge in [0.15, 0.2) is 6.29 Å². The number of halogens is 3. The summed E-state index contributed by atoms with van der Waals surface area (Å²) in [6.45, 7) is 0. The van der Waals surface area contributed by atoms with Crippen LogP contribution in [0.5, 0.6) is 0 Å². The van der Waals surface area contributed by atoms with Gasteiger partial charge in [0.25, 0.3) is 0 Å². The van der Waals surface area contributed by atoms with Crippen molar-refractivity contribution in [1.82, 2.24) is 9.97 Å². The van der Waals surface area contributed by atoms with Crippen molar-refractivity contribution in [3.8, 4) is 22.3 Å². The van der Waals surface area contributed by atoms with Gasteiger partial charge in [-0.25, -0.2) is 8.78 Å². The molecule has 0 bridgehead atoms. The van der Waals surface area contributed by atoms with Crippen LogP contribution < -0.4 is 0 Å². The molecule has 0 amide bonds. The summed E-state index contributed by atoms with van der Waals surface area (Å²) in [4.78, 5) is 30.4. The Balaban J connectivity index is 0.000000169. The first-order valence-electron chi connectivity index (χ1n) is 15.9. The zero-order valence-corrected chi connectivity index (χ0v) is 29.9. The van der Waals surface area contributed by atoms with Crippen LogP contribution >= 0.6 is 25.1 Å². The molecule has 6 aromatic rings. The third kappa shape index (κ3) is 7.82. The molecule has 2 aromatic heterocycles. The second kappa shape index (κ2) is 16.2. The summed E-state index contributed by atoms with van der Waals surface area (Å²) in [7, 11) is -0.290. The number of para-hydroxylation sites is 2. The Morgan fingerprint density at radius 1 is 0.708 bits per heavy atom. The summed E-state index contributed by atoms with van der Waals surface area (Å²) in [5, 5.41) is 2.83. The third-order valence-electron chi connectivity index (χ3n) is 8.43. The minimum atomic E-state index is -0.290. The molecule has 0 aliphatic heterocycles. The standard InChI is InChI=1S/C19H15BrFN.C19H14FNO.CH3OP.V/c20-11-16-18(12-7-9-14(21)10-8-12)15-3-1-2-4-17(15)22-19(16)13-5-6-13;20-14-9-7-12(8-10-14)18-15-3-1-2-4-17(15)21-19(13-5-6-13)16(18)11-22;2-1-3;/h1-4,7-10,13H,5-6,11H2;1-4,7-11,13H,5-6H2;1H,3H2;/i;;3T;. The number of fused-ring (bicyclic) bond motifs is 2. The Morgan fingerprint density at radius 3 is 1.60 bits per heavy atom. The van der Waals surface area contributed by atoms with E-state index in [0.717, 1.165) is 68.6 Å². The molecule has 1 unspecified atom stereocenters. The number of nitrogens with zero attached hydrogens (tertiary/aromatic N) is 2. The molecule has 0 saturated heterocycles. The van der Waals surface area contributed by atoms with E-state index in [-0.39, 0.29) is 39.4 Å². The SMILES string of the molecule is Fc1ccc(-c2c(CBr)c(C3CC3)nc3ccccc23)cc1.O=Cc1c(C2CC2)nc2ccccc2c1-c1ccc(F)cc1.[3H]PC=O.[V]. The van der Waals surface area contributed by atoms with Crippen LogP contribution in [0, 0.1) is 11.6 Å². The molecule has 8 rings (SSSR count). The predicted molar refractivity (Wildman–Crippen MR) is 193 cm³/mol.